The number of nitroso groups, excluding NO2 is 1. The first kappa shape index (κ1) is 11.6. The van der Waals surface area contributed by atoms with E-state index in [0.29, 0.717) is 5.92 Å². The predicted molar refractivity (Wildman–Crippen MR) is 66.7 cm³/mol. The predicted octanol–water partition coefficient (Wildman–Crippen LogP) is 4.21. The third-order valence-corrected chi connectivity index (χ3v) is 3.67. The van der Waals surface area contributed by atoms with E-state index in [9.17, 15) is 4.91 Å². The Hall–Kier alpha value is -0.890. The van der Waals surface area contributed by atoms with Crippen molar-refractivity contribution in [3.05, 3.63) is 39.8 Å². The molecule has 3 heteroatoms. The van der Waals surface area contributed by atoms with E-state index in [-0.39, 0.29) is 6.04 Å². The van der Waals surface area contributed by atoms with Crippen LogP contribution in [0.5, 0.6) is 0 Å². The first-order chi connectivity index (χ1) is 7.79. The molecule has 0 spiro atoms. The lowest BCUT2D eigenvalue weighted by Gasteiger charge is -2.26. The van der Waals surface area contributed by atoms with Gasteiger partial charge in [0.2, 0.25) is 0 Å². The zero-order valence-corrected chi connectivity index (χ0v) is 9.99. The second kappa shape index (κ2) is 5.44. The number of nitrogens with zero attached hydrogens (tertiary/aromatic N) is 1. The Morgan fingerprint density at radius 3 is 2.56 bits per heavy atom. The summed E-state index contributed by atoms with van der Waals surface area (Å²) in [7, 11) is 0. The van der Waals surface area contributed by atoms with Gasteiger partial charge in [-0.3, -0.25) is 0 Å². The molecule has 1 aromatic carbocycles. The maximum atomic E-state index is 10.7. The lowest BCUT2D eigenvalue weighted by molar-refractivity contribution is 0.306. The first-order valence-electron chi connectivity index (χ1n) is 5.86. The van der Waals surface area contributed by atoms with Crippen LogP contribution < -0.4 is 0 Å². The van der Waals surface area contributed by atoms with Crippen molar-refractivity contribution >= 4 is 11.6 Å². The fourth-order valence-electron chi connectivity index (χ4n) is 2.49. The highest BCUT2D eigenvalue weighted by Crippen LogP contribution is 2.29. The van der Waals surface area contributed by atoms with Crippen molar-refractivity contribution in [3.63, 3.8) is 0 Å². The van der Waals surface area contributed by atoms with Gasteiger partial charge in [-0.25, -0.2) is 0 Å². The molecule has 2 unspecified atom stereocenters. The molecular formula is C13H16ClNO. The Balaban J connectivity index is 2.02. The van der Waals surface area contributed by atoms with Crippen LogP contribution in [0.15, 0.2) is 29.4 Å². The molecule has 2 nitrogen and oxygen atoms in total. The molecule has 0 N–H and O–H groups in total. The number of rotatable bonds is 3. The Morgan fingerprint density at radius 2 is 1.88 bits per heavy atom. The van der Waals surface area contributed by atoms with Crippen molar-refractivity contribution < 1.29 is 0 Å². The molecule has 0 amide bonds. The highest BCUT2D eigenvalue weighted by atomic mass is 35.5. The summed E-state index contributed by atoms with van der Waals surface area (Å²) in [6, 6.07) is 7.91. The van der Waals surface area contributed by atoms with Crippen LogP contribution in [0, 0.1) is 10.8 Å². The van der Waals surface area contributed by atoms with Crippen molar-refractivity contribution in [3.8, 4) is 0 Å². The summed E-state index contributed by atoms with van der Waals surface area (Å²) in [4.78, 5) is 10.7. The molecule has 0 heterocycles. The van der Waals surface area contributed by atoms with Crippen LogP contribution in [0.25, 0.3) is 0 Å². The quantitative estimate of drug-likeness (QED) is 0.725. The minimum atomic E-state index is 0.0180. The van der Waals surface area contributed by atoms with Gasteiger partial charge in [0.25, 0.3) is 0 Å². The zero-order chi connectivity index (χ0) is 11.4. The van der Waals surface area contributed by atoms with Gasteiger partial charge in [-0.1, -0.05) is 41.8 Å². The Labute approximate surface area is 101 Å². The molecule has 0 bridgehead atoms. The maximum absolute atomic E-state index is 10.7. The molecule has 1 fully saturated rings. The summed E-state index contributed by atoms with van der Waals surface area (Å²) in [6.45, 7) is 0. The molecule has 0 aliphatic heterocycles. The van der Waals surface area contributed by atoms with Crippen molar-refractivity contribution in [2.45, 2.75) is 38.1 Å². The van der Waals surface area contributed by atoms with Crippen LogP contribution in [0.4, 0.5) is 0 Å². The molecule has 2 atom stereocenters. The third-order valence-electron chi connectivity index (χ3n) is 3.42. The second-order valence-corrected chi connectivity index (χ2v) is 4.98. The van der Waals surface area contributed by atoms with Crippen LogP contribution in [0.1, 0.15) is 31.2 Å². The molecule has 1 aromatic rings. The minimum absolute atomic E-state index is 0.0180. The highest BCUT2D eigenvalue weighted by Gasteiger charge is 2.25. The van der Waals surface area contributed by atoms with Crippen LogP contribution in [-0.4, -0.2) is 6.04 Å². The molecule has 0 aromatic heterocycles. The van der Waals surface area contributed by atoms with Gasteiger partial charge in [0.15, 0.2) is 0 Å². The minimum Gasteiger partial charge on any atom is -0.151 e. The summed E-state index contributed by atoms with van der Waals surface area (Å²) in [5.74, 6) is 0.424. The molecule has 1 aliphatic carbocycles. The van der Waals surface area contributed by atoms with Crippen molar-refractivity contribution in [2.75, 3.05) is 0 Å². The topological polar surface area (TPSA) is 29.4 Å². The van der Waals surface area contributed by atoms with Gasteiger partial charge in [0, 0.05) is 5.02 Å². The maximum Gasteiger partial charge on any atom is 0.0950 e. The smallest absolute Gasteiger partial charge is 0.0950 e. The van der Waals surface area contributed by atoms with E-state index in [1.165, 1.54) is 12.0 Å². The van der Waals surface area contributed by atoms with Gasteiger partial charge < -0.3 is 0 Å². The first-order valence-corrected chi connectivity index (χ1v) is 6.24. The molecule has 1 saturated carbocycles. The van der Waals surface area contributed by atoms with Crippen molar-refractivity contribution in [2.24, 2.45) is 11.1 Å². The number of halogens is 1. The Bertz CT molecular complexity index is 349. The fraction of sp³-hybridized carbons (Fsp3) is 0.538. The van der Waals surface area contributed by atoms with Crippen LogP contribution in [0.3, 0.4) is 0 Å². The van der Waals surface area contributed by atoms with Crippen LogP contribution in [-0.2, 0) is 6.42 Å². The average Bonchev–Trinajstić information content (AvgIpc) is 2.33. The SMILES string of the molecule is O=NC1CCCCC1Cc1ccc(Cl)cc1. The number of benzene rings is 1. The van der Waals surface area contributed by atoms with Crippen LogP contribution >= 0.6 is 11.6 Å². The van der Waals surface area contributed by atoms with Gasteiger partial charge in [-0.2, -0.15) is 4.91 Å². The molecule has 86 valence electrons. The summed E-state index contributed by atoms with van der Waals surface area (Å²) in [5.41, 5.74) is 1.25. The van der Waals surface area contributed by atoms with Crippen molar-refractivity contribution in [1.82, 2.24) is 0 Å². The van der Waals surface area contributed by atoms with Gasteiger partial charge in [-0.15, -0.1) is 0 Å². The van der Waals surface area contributed by atoms with Gasteiger partial charge >= 0.3 is 0 Å². The summed E-state index contributed by atoms with van der Waals surface area (Å²) >= 11 is 5.84. The summed E-state index contributed by atoms with van der Waals surface area (Å²) in [6.07, 6.45) is 5.41. The Kier molecular flexibility index (Phi) is 3.94. The van der Waals surface area contributed by atoms with Gasteiger partial charge in [-0.05, 0) is 42.9 Å². The summed E-state index contributed by atoms with van der Waals surface area (Å²) < 4.78 is 0. The largest absolute Gasteiger partial charge is 0.151 e. The molecule has 16 heavy (non-hydrogen) atoms. The lowest BCUT2D eigenvalue weighted by atomic mass is 9.81. The van der Waals surface area contributed by atoms with E-state index in [4.69, 9.17) is 11.6 Å². The monoisotopic (exact) mass is 237 g/mol. The highest BCUT2D eigenvalue weighted by molar-refractivity contribution is 6.30. The number of hydrogen-bond acceptors (Lipinski definition) is 2. The molecule has 2 rings (SSSR count). The normalized spacial score (nSPS) is 25.3. The van der Waals surface area contributed by atoms with Gasteiger partial charge in [0.05, 0.1) is 6.04 Å². The van der Waals surface area contributed by atoms with E-state index in [1.807, 2.05) is 24.3 Å². The fourth-order valence-corrected chi connectivity index (χ4v) is 2.61. The zero-order valence-electron chi connectivity index (χ0n) is 9.23. The lowest BCUT2D eigenvalue weighted by Crippen LogP contribution is -2.24. The molecular weight excluding hydrogens is 222 g/mol. The van der Waals surface area contributed by atoms with Crippen molar-refractivity contribution in [1.29, 1.82) is 0 Å². The summed E-state index contributed by atoms with van der Waals surface area (Å²) in [5, 5.41) is 4.03. The third kappa shape index (κ3) is 2.82. The van der Waals surface area contributed by atoms with Crippen LogP contribution in [0.2, 0.25) is 5.02 Å². The molecule has 0 saturated heterocycles. The van der Waals surface area contributed by atoms with E-state index in [1.54, 1.807) is 0 Å². The molecule has 0 radical (unpaired) electrons. The number of hydrogen-bond donors (Lipinski definition) is 0. The van der Waals surface area contributed by atoms with Gasteiger partial charge in [0.1, 0.15) is 0 Å². The average molecular weight is 238 g/mol. The van der Waals surface area contributed by atoms with E-state index in [0.717, 1.165) is 30.7 Å². The second-order valence-electron chi connectivity index (χ2n) is 4.55. The van der Waals surface area contributed by atoms with E-state index >= 15 is 0 Å². The van der Waals surface area contributed by atoms with E-state index in [2.05, 4.69) is 5.18 Å². The Morgan fingerprint density at radius 1 is 1.19 bits per heavy atom. The van der Waals surface area contributed by atoms with E-state index < -0.39 is 0 Å². The standard InChI is InChI=1S/C13H16ClNO/c14-12-7-5-10(6-8-12)9-11-3-1-2-4-13(11)15-16/h5-8,11,13H,1-4,9H2. The molecule has 1 aliphatic rings.